The van der Waals surface area contributed by atoms with E-state index in [4.69, 9.17) is 0 Å². The monoisotopic (exact) mass is 245 g/mol. The van der Waals surface area contributed by atoms with Crippen molar-refractivity contribution in [3.8, 4) is 0 Å². The second-order valence-electron chi connectivity index (χ2n) is 5.25. The van der Waals surface area contributed by atoms with Crippen molar-refractivity contribution in [3.05, 3.63) is 24.3 Å². The first-order valence-corrected chi connectivity index (χ1v) is 6.55. The summed E-state index contributed by atoms with van der Waals surface area (Å²) in [4.78, 5) is 4.61. The SMILES string of the molecule is Cn1c(NC2(CO)CCCC2)nc2ccccc21. The Balaban J connectivity index is 1.97. The number of nitrogens with one attached hydrogen (secondary N) is 1. The Hall–Kier alpha value is -1.55. The standard InChI is InChI=1S/C14H19N3O/c1-17-12-7-3-2-6-11(12)15-13(17)16-14(10-18)8-4-5-9-14/h2-3,6-7,18H,4-5,8-10H2,1H3,(H,15,16). The third kappa shape index (κ3) is 1.77. The molecule has 0 amide bonds. The van der Waals surface area contributed by atoms with E-state index in [1.807, 2.05) is 25.2 Å². The average Bonchev–Trinajstić information content (AvgIpc) is 2.98. The highest BCUT2D eigenvalue weighted by Gasteiger charge is 2.34. The Morgan fingerprint density at radius 2 is 2.06 bits per heavy atom. The van der Waals surface area contributed by atoms with Gasteiger partial charge in [-0.1, -0.05) is 25.0 Å². The molecule has 4 nitrogen and oxygen atoms in total. The summed E-state index contributed by atoms with van der Waals surface area (Å²) in [5.74, 6) is 0.854. The van der Waals surface area contributed by atoms with Gasteiger partial charge in [-0.3, -0.25) is 0 Å². The lowest BCUT2D eigenvalue weighted by Gasteiger charge is -2.28. The van der Waals surface area contributed by atoms with Crippen LogP contribution in [0.1, 0.15) is 25.7 Å². The van der Waals surface area contributed by atoms with Gasteiger partial charge in [0.05, 0.1) is 23.2 Å². The van der Waals surface area contributed by atoms with Gasteiger partial charge in [0.1, 0.15) is 0 Å². The van der Waals surface area contributed by atoms with E-state index in [-0.39, 0.29) is 12.1 Å². The molecule has 1 heterocycles. The molecule has 0 bridgehead atoms. The number of aliphatic hydroxyl groups excluding tert-OH is 1. The zero-order valence-electron chi connectivity index (χ0n) is 10.7. The fraction of sp³-hybridized carbons (Fsp3) is 0.500. The van der Waals surface area contributed by atoms with Gasteiger partial charge in [-0.05, 0) is 25.0 Å². The maximum atomic E-state index is 9.64. The van der Waals surface area contributed by atoms with Gasteiger partial charge in [-0.25, -0.2) is 4.98 Å². The second-order valence-corrected chi connectivity index (χ2v) is 5.25. The predicted octanol–water partition coefficient (Wildman–Crippen LogP) is 2.29. The summed E-state index contributed by atoms with van der Waals surface area (Å²) in [6, 6.07) is 8.09. The number of fused-ring (bicyclic) bond motifs is 1. The van der Waals surface area contributed by atoms with Crippen LogP contribution in [0.15, 0.2) is 24.3 Å². The van der Waals surface area contributed by atoms with Crippen LogP contribution in [0, 0.1) is 0 Å². The highest BCUT2D eigenvalue weighted by molar-refractivity contribution is 5.78. The molecule has 0 unspecified atom stereocenters. The van der Waals surface area contributed by atoms with Crippen LogP contribution >= 0.6 is 0 Å². The van der Waals surface area contributed by atoms with E-state index < -0.39 is 0 Å². The molecular formula is C14H19N3O. The molecule has 0 atom stereocenters. The summed E-state index contributed by atoms with van der Waals surface area (Å²) in [6.45, 7) is 0.177. The van der Waals surface area contributed by atoms with Crippen LogP contribution < -0.4 is 5.32 Å². The van der Waals surface area contributed by atoms with Gasteiger partial charge >= 0.3 is 0 Å². The number of aliphatic hydroxyl groups is 1. The van der Waals surface area contributed by atoms with Crippen molar-refractivity contribution in [1.29, 1.82) is 0 Å². The minimum atomic E-state index is -0.171. The molecule has 1 aromatic carbocycles. The van der Waals surface area contributed by atoms with Crippen molar-refractivity contribution in [2.75, 3.05) is 11.9 Å². The molecule has 3 rings (SSSR count). The number of anilines is 1. The highest BCUT2D eigenvalue weighted by Crippen LogP contribution is 2.33. The van der Waals surface area contributed by atoms with Gasteiger partial charge in [0, 0.05) is 7.05 Å². The van der Waals surface area contributed by atoms with Gasteiger partial charge in [-0.15, -0.1) is 0 Å². The first kappa shape index (κ1) is 11.5. The van der Waals surface area contributed by atoms with Crippen LogP contribution in [0.5, 0.6) is 0 Å². The maximum absolute atomic E-state index is 9.64. The van der Waals surface area contributed by atoms with Gasteiger partial charge in [0.15, 0.2) is 0 Å². The Labute approximate surface area is 107 Å². The van der Waals surface area contributed by atoms with E-state index in [0.29, 0.717) is 0 Å². The van der Waals surface area contributed by atoms with Gasteiger partial charge in [0.25, 0.3) is 0 Å². The van der Waals surface area contributed by atoms with Crippen molar-refractivity contribution < 1.29 is 5.11 Å². The molecule has 2 N–H and O–H groups in total. The summed E-state index contributed by atoms with van der Waals surface area (Å²) in [7, 11) is 2.01. The van der Waals surface area contributed by atoms with E-state index in [2.05, 4.69) is 20.9 Å². The molecule has 18 heavy (non-hydrogen) atoms. The molecule has 1 aliphatic rings. The lowest BCUT2D eigenvalue weighted by Crippen LogP contribution is -2.39. The van der Waals surface area contributed by atoms with Gasteiger partial charge in [-0.2, -0.15) is 0 Å². The Kier molecular flexibility index (Phi) is 2.74. The van der Waals surface area contributed by atoms with E-state index in [1.54, 1.807) is 0 Å². The highest BCUT2D eigenvalue weighted by atomic mass is 16.3. The molecule has 96 valence electrons. The summed E-state index contributed by atoms with van der Waals surface area (Å²) in [6.07, 6.45) is 4.40. The molecular weight excluding hydrogens is 226 g/mol. The third-order valence-electron chi connectivity index (χ3n) is 4.03. The van der Waals surface area contributed by atoms with Crippen LogP contribution in [0.4, 0.5) is 5.95 Å². The molecule has 1 fully saturated rings. The van der Waals surface area contributed by atoms with Crippen molar-refractivity contribution in [2.45, 2.75) is 31.2 Å². The Morgan fingerprint density at radius 1 is 1.33 bits per heavy atom. The topological polar surface area (TPSA) is 50.1 Å². The number of benzene rings is 1. The number of hydrogen-bond donors (Lipinski definition) is 2. The molecule has 0 radical (unpaired) electrons. The van der Waals surface area contributed by atoms with E-state index in [1.165, 1.54) is 12.8 Å². The van der Waals surface area contributed by atoms with Crippen LogP contribution in [-0.4, -0.2) is 26.8 Å². The number of hydrogen-bond acceptors (Lipinski definition) is 3. The van der Waals surface area contributed by atoms with E-state index in [0.717, 1.165) is 29.8 Å². The lowest BCUT2D eigenvalue weighted by atomic mass is 9.99. The van der Waals surface area contributed by atoms with Gasteiger partial charge in [0.2, 0.25) is 5.95 Å². The first-order chi connectivity index (χ1) is 8.74. The largest absolute Gasteiger partial charge is 0.394 e. The van der Waals surface area contributed by atoms with Crippen molar-refractivity contribution >= 4 is 17.0 Å². The summed E-state index contributed by atoms with van der Waals surface area (Å²) in [5, 5.41) is 13.1. The quantitative estimate of drug-likeness (QED) is 0.872. The smallest absolute Gasteiger partial charge is 0.204 e. The second kappa shape index (κ2) is 4.28. The molecule has 4 heteroatoms. The molecule has 0 spiro atoms. The van der Waals surface area contributed by atoms with Crippen molar-refractivity contribution in [2.24, 2.45) is 7.05 Å². The zero-order valence-corrected chi connectivity index (χ0v) is 10.7. The van der Waals surface area contributed by atoms with Crippen LogP contribution in [0.25, 0.3) is 11.0 Å². The van der Waals surface area contributed by atoms with E-state index in [9.17, 15) is 5.11 Å². The minimum Gasteiger partial charge on any atom is -0.394 e. The summed E-state index contributed by atoms with van der Waals surface area (Å²) < 4.78 is 2.06. The molecule has 1 aromatic heterocycles. The average molecular weight is 245 g/mol. The lowest BCUT2D eigenvalue weighted by molar-refractivity contribution is 0.213. The van der Waals surface area contributed by atoms with Crippen LogP contribution in [0.3, 0.4) is 0 Å². The first-order valence-electron chi connectivity index (χ1n) is 6.55. The Morgan fingerprint density at radius 3 is 2.72 bits per heavy atom. The summed E-state index contributed by atoms with van der Waals surface area (Å²) in [5.41, 5.74) is 1.94. The predicted molar refractivity (Wildman–Crippen MR) is 72.6 cm³/mol. The maximum Gasteiger partial charge on any atom is 0.204 e. The fourth-order valence-electron chi connectivity index (χ4n) is 2.87. The third-order valence-corrected chi connectivity index (χ3v) is 4.03. The number of aromatic nitrogens is 2. The number of aryl methyl sites for hydroxylation is 1. The molecule has 2 aromatic rings. The molecule has 1 aliphatic carbocycles. The van der Waals surface area contributed by atoms with Crippen molar-refractivity contribution in [1.82, 2.24) is 9.55 Å². The van der Waals surface area contributed by atoms with Crippen molar-refractivity contribution in [3.63, 3.8) is 0 Å². The normalized spacial score (nSPS) is 18.3. The molecule has 0 aliphatic heterocycles. The minimum absolute atomic E-state index is 0.171. The van der Waals surface area contributed by atoms with Gasteiger partial charge < -0.3 is 15.0 Å². The molecule has 0 saturated heterocycles. The zero-order chi connectivity index (χ0) is 12.6. The van der Waals surface area contributed by atoms with Crippen LogP contribution in [0.2, 0.25) is 0 Å². The van der Waals surface area contributed by atoms with Crippen LogP contribution in [-0.2, 0) is 7.05 Å². The number of imidazole rings is 1. The number of nitrogens with zero attached hydrogens (tertiary/aromatic N) is 2. The fourth-order valence-corrected chi connectivity index (χ4v) is 2.87. The number of rotatable bonds is 3. The van der Waals surface area contributed by atoms with E-state index >= 15 is 0 Å². The summed E-state index contributed by atoms with van der Waals surface area (Å²) >= 11 is 0. The molecule has 1 saturated carbocycles. The Bertz CT molecular complexity index is 555. The number of para-hydroxylation sites is 2.